The molecule has 1 aromatic heterocycles. The van der Waals surface area contributed by atoms with Gasteiger partial charge in [-0.15, -0.1) is 0 Å². The second kappa shape index (κ2) is 5.17. The SMILES string of the molecule is CC1CCCN(C(=O)c2ccc(N)nc2)CC1. The number of hydrogen-bond donors (Lipinski definition) is 1. The number of amides is 1. The second-order valence-electron chi connectivity index (χ2n) is 4.80. The van der Waals surface area contributed by atoms with Crippen molar-refractivity contribution in [1.29, 1.82) is 0 Å². The largest absolute Gasteiger partial charge is 0.384 e. The Morgan fingerprint density at radius 2 is 2.24 bits per heavy atom. The van der Waals surface area contributed by atoms with Gasteiger partial charge in [-0.1, -0.05) is 6.92 Å². The molecule has 1 aromatic rings. The summed E-state index contributed by atoms with van der Waals surface area (Å²) in [5.41, 5.74) is 6.15. The number of pyridine rings is 1. The highest BCUT2D eigenvalue weighted by atomic mass is 16.2. The summed E-state index contributed by atoms with van der Waals surface area (Å²) in [6.45, 7) is 3.96. The summed E-state index contributed by atoms with van der Waals surface area (Å²) in [5.74, 6) is 1.25. The van der Waals surface area contributed by atoms with Crippen molar-refractivity contribution in [2.24, 2.45) is 5.92 Å². The lowest BCUT2D eigenvalue weighted by atomic mass is 10.0. The van der Waals surface area contributed by atoms with Gasteiger partial charge < -0.3 is 10.6 Å². The maximum absolute atomic E-state index is 12.2. The minimum atomic E-state index is 0.0756. The summed E-state index contributed by atoms with van der Waals surface area (Å²) >= 11 is 0. The fourth-order valence-corrected chi connectivity index (χ4v) is 2.18. The van der Waals surface area contributed by atoms with Crippen LogP contribution in [-0.4, -0.2) is 28.9 Å². The first-order valence-electron chi connectivity index (χ1n) is 6.17. The van der Waals surface area contributed by atoms with Crippen molar-refractivity contribution in [1.82, 2.24) is 9.88 Å². The van der Waals surface area contributed by atoms with Crippen molar-refractivity contribution in [2.45, 2.75) is 26.2 Å². The van der Waals surface area contributed by atoms with Crippen LogP contribution >= 0.6 is 0 Å². The van der Waals surface area contributed by atoms with Crippen LogP contribution in [0.3, 0.4) is 0 Å². The molecule has 1 saturated heterocycles. The van der Waals surface area contributed by atoms with Gasteiger partial charge in [0.15, 0.2) is 0 Å². The second-order valence-corrected chi connectivity index (χ2v) is 4.80. The lowest BCUT2D eigenvalue weighted by molar-refractivity contribution is 0.0760. The van der Waals surface area contributed by atoms with Gasteiger partial charge in [0.2, 0.25) is 0 Å². The van der Waals surface area contributed by atoms with E-state index in [1.54, 1.807) is 18.3 Å². The Labute approximate surface area is 102 Å². The third-order valence-corrected chi connectivity index (χ3v) is 3.34. The number of rotatable bonds is 1. The zero-order chi connectivity index (χ0) is 12.3. The van der Waals surface area contributed by atoms with Gasteiger partial charge in [0, 0.05) is 19.3 Å². The van der Waals surface area contributed by atoms with E-state index in [1.165, 1.54) is 6.42 Å². The van der Waals surface area contributed by atoms with Gasteiger partial charge in [0.1, 0.15) is 5.82 Å². The van der Waals surface area contributed by atoms with Crippen molar-refractivity contribution < 1.29 is 4.79 Å². The van der Waals surface area contributed by atoms with E-state index < -0.39 is 0 Å². The lowest BCUT2D eigenvalue weighted by Crippen LogP contribution is -2.32. The molecule has 92 valence electrons. The average Bonchev–Trinajstić information content (AvgIpc) is 2.54. The van der Waals surface area contributed by atoms with E-state index in [-0.39, 0.29) is 5.91 Å². The van der Waals surface area contributed by atoms with Crippen LogP contribution in [0.2, 0.25) is 0 Å². The van der Waals surface area contributed by atoms with E-state index in [0.29, 0.717) is 11.4 Å². The third-order valence-electron chi connectivity index (χ3n) is 3.34. The predicted octanol–water partition coefficient (Wildman–Crippen LogP) is 1.93. The van der Waals surface area contributed by atoms with Crippen LogP contribution in [0.25, 0.3) is 0 Å². The fraction of sp³-hybridized carbons (Fsp3) is 0.538. The predicted molar refractivity (Wildman–Crippen MR) is 67.6 cm³/mol. The van der Waals surface area contributed by atoms with E-state index in [0.717, 1.165) is 31.8 Å². The number of likely N-dealkylation sites (tertiary alicyclic amines) is 1. The van der Waals surface area contributed by atoms with Crippen LogP contribution < -0.4 is 5.73 Å². The smallest absolute Gasteiger partial charge is 0.255 e. The van der Waals surface area contributed by atoms with Crippen LogP contribution in [-0.2, 0) is 0 Å². The monoisotopic (exact) mass is 233 g/mol. The quantitative estimate of drug-likeness (QED) is 0.806. The van der Waals surface area contributed by atoms with E-state index in [4.69, 9.17) is 5.73 Å². The Bertz CT molecular complexity index is 388. The molecule has 17 heavy (non-hydrogen) atoms. The molecule has 0 radical (unpaired) electrons. The van der Waals surface area contributed by atoms with Crippen LogP contribution in [0.5, 0.6) is 0 Å². The molecular weight excluding hydrogens is 214 g/mol. The van der Waals surface area contributed by atoms with Gasteiger partial charge in [0.25, 0.3) is 5.91 Å². The van der Waals surface area contributed by atoms with Crippen LogP contribution in [0.1, 0.15) is 36.5 Å². The number of nitrogens with two attached hydrogens (primary N) is 1. The molecule has 1 unspecified atom stereocenters. The Morgan fingerprint density at radius 3 is 2.94 bits per heavy atom. The van der Waals surface area contributed by atoms with E-state index in [1.807, 2.05) is 4.90 Å². The summed E-state index contributed by atoms with van der Waals surface area (Å²) in [5, 5.41) is 0. The molecule has 1 amide bonds. The molecule has 2 heterocycles. The number of nitrogens with zero attached hydrogens (tertiary/aromatic N) is 2. The molecule has 1 fully saturated rings. The Kier molecular flexibility index (Phi) is 3.61. The van der Waals surface area contributed by atoms with Crippen molar-refractivity contribution >= 4 is 11.7 Å². The van der Waals surface area contributed by atoms with Gasteiger partial charge in [-0.05, 0) is 37.3 Å². The van der Waals surface area contributed by atoms with E-state index in [2.05, 4.69) is 11.9 Å². The highest BCUT2D eigenvalue weighted by molar-refractivity contribution is 5.94. The van der Waals surface area contributed by atoms with Crippen molar-refractivity contribution in [3.8, 4) is 0 Å². The highest BCUT2D eigenvalue weighted by Gasteiger charge is 2.19. The number of carbonyl (C=O) groups excluding carboxylic acids is 1. The number of anilines is 1. The first-order chi connectivity index (χ1) is 8.16. The van der Waals surface area contributed by atoms with Crippen molar-refractivity contribution in [3.05, 3.63) is 23.9 Å². The Balaban J connectivity index is 2.06. The lowest BCUT2D eigenvalue weighted by Gasteiger charge is -2.20. The summed E-state index contributed by atoms with van der Waals surface area (Å²) < 4.78 is 0. The highest BCUT2D eigenvalue weighted by Crippen LogP contribution is 2.18. The molecule has 1 aliphatic rings. The van der Waals surface area contributed by atoms with Crippen molar-refractivity contribution in [2.75, 3.05) is 18.8 Å². The number of carbonyl (C=O) groups is 1. The molecule has 1 atom stereocenters. The van der Waals surface area contributed by atoms with Gasteiger partial charge in [-0.3, -0.25) is 4.79 Å². The molecule has 1 aliphatic heterocycles. The molecule has 0 saturated carbocycles. The summed E-state index contributed by atoms with van der Waals surface area (Å²) in [7, 11) is 0. The zero-order valence-corrected chi connectivity index (χ0v) is 10.2. The molecule has 2 N–H and O–H groups in total. The summed E-state index contributed by atoms with van der Waals surface area (Å²) in [6.07, 6.45) is 4.96. The van der Waals surface area contributed by atoms with Gasteiger partial charge >= 0.3 is 0 Å². The molecule has 0 aromatic carbocycles. The van der Waals surface area contributed by atoms with Crippen LogP contribution in [0, 0.1) is 5.92 Å². The Morgan fingerprint density at radius 1 is 1.41 bits per heavy atom. The number of nitrogen functional groups attached to an aromatic ring is 1. The zero-order valence-electron chi connectivity index (χ0n) is 10.2. The molecular formula is C13H19N3O. The van der Waals surface area contributed by atoms with E-state index in [9.17, 15) is 4.79 Å². The minimum Gasteiger partial charge on any atom is -0.384 e. The Hall–Kier alpha value is -1.58. The molecule has 4 heteroatoms. The van der Waals surface area contributed by atoms with Gasteiger partial charge in [-0.25, -0.2) is 4.98 Å². The first-order valence-corrected chi connectivity index (χ1v) is 6.17. The maximum atomic E-state index is 12.2. The van der Waals surface area contributed by atoms with Crippen LogP contribution in [0.15, 0.2) is 18.3 Å². The standard InChI is InChI=1S/C13H19N3O/c1-10-3-2-7-16(8-6-10)13(17)11-4-5-12(14)15-9-11/h4-5,9-10H,2-3,6-8H2,1H3,(H2,14,15). The van der Waals surface area contributed by atoms with Crippen LogP contribution in [0.4, 0.5) is 5.82 Å². The third kappa shape index (κ3) is 2.96. The normalized spacial score (nSPS) is 21.0. The summed E-state index contributed by atoms with van der Waals surface area (Å²) in [4.78, 5) is 18.1. The fourth-order valence-electron chi connectivity index (χ4n) is 2.18. The number of aromatic nitrogens is 1. The molecule has 0 spiro atoms. The van der Waals surface area contributed by atoms with E-state index >= 15 is 0 Å². The molecule has 4 nitrogen and oxygen atoms in total. The summed E-state index contributed by atoms with van der Waals surface area (Å²) in [6, 6.07) is 3.42. The topological polar surface area (TPSA) is 59.2 Å². The number of hydrogen-bond acceptors (Lipinski definition) is 3. The molecule has 0 aliphatic carbocycles. The van der Waals surface area contributed by atoms with Gasteiger partial charge in [0.05, 0.1) is 5.56 Å². The molecule has 2 rings (SSSR count). The first kappa shape index (κ1) is 11.9. The van der Waals surface area contributed by atoms with Crippen molar-refractivity contribution in [3.63, 3.8) is 0 Å². The minimum absolute atomic E-state index is 0.0756. The van der Waals surface area contributed by atoms with Gasteiger partial charge in [-0.2, -0.15) is 0 Å². The maximum Gasteiger partial charge on any atom is 0.255 e. The average molecular weight is 233 g/mol. The molecule has 0 bridgehead atoms.